The average molecular weight is 390 g/mol. The maximum absolute atomic E-state index is 12.8. The number of benzene rings is 1. The second-order valence-electron chi connectivity index (χ2n) is 7.55. The predicted molar refractivity (Wildman–Crippen MR) is 105 cm³/mol. The standard InChI is InChI=1S/C21H30N2O5/c1-4-28-18-8-6-5-7-16(18)17(22-15(3)24)13-19(25)23-21(20(26)27)11-9-14(2)10-12-21/h5-8,14,17H,4,9-13H2,1-3H3,(H,22,24)(H,23,25)(H,26,27). The van der Waals surface area contributed by atoms with Crippen molar-refractivity contribution in [1.29, 1.82) is 0 Å². The van der Waals surface area contributed by atoms with Crippen LogP contribution >= 0.6 is 0 Å². The molecule has 0 spiro atoms. The van der Waals surface area contributed by atoms with Crippen molar-refractivity contribution in [3.8, 4) is 5.75 Å². The van der Waals surface area contributed by atoms with Crippen molar-refractivity contribution >= 4 is 17.8 Å². The zero-order valence-corrected chi connectivity index (χ0v) is 16.8. The van der Waals surface area contributed by atoms with Gasteiger partial charge in [0, 0.05) is 12.5 Å². The number of ether oxygens (including phenoxy) is 1. The fourth-order valence-corrected chi connectivity index (χ4v) is 3.69. The Morgan fingerprint density at radius 3 is 2.46 bits per heavy atom. The van der Waals surface area contributed by atoms with Crippen LogP contribution in [0.5, 0.6) is 5.75 Å². The van der Waals surface area contributed by atoms with E-state index >= 15 is 0 Å². The monoisotopic (exact) mass is 390 g/mol. The van der Waals surface area contributed by atoms with Gasteiger partial charge >= 0.3 is 5.97 Å². The Balaban J connectivity index is 2.19. The van der Waals surface area contributed by atoms with Crippen molar-refractivity contribution in [1.82, 2.24) is 10.6 Å². The van der Waals surface area contributed by atoms with Gasteiger partial charge in [-0.1, -0.05) is 25.1 Å². The molecule has 0 aromatic heterocycles. The molecule has 7 heteroatoms. The van der Waals surface area contributed by atoms with E-state index < -0.39 is 23.5 Å². The van der Waals surface area contributed by atoms with E-state index in [2.05, 4.69) is 17.6 Å². The molecule has 0 radical (unpaired) electrons. The van der Waals surface area contributed by atoms with Crippen LogP contribution in [0.2, 0.25) is 0 Å². The summed E-state index contributed by atoms with van der Waals surface area (Å²) in [6.07, 6.45) is 2.28. The number of hydrogen-bond acceptors (Lipinski definition) is 4. The van der Waals surface area contributed by atoms with Gasteiger partial charge < -0.3 is 20.5 Å². The van der Waals surface area contributed by atoms with Gasteiger partial charge in [0.05, 0.1) is 19.1 Å². The molecule has 1 aromatic rings. The van der Waals surface area contributed by atoms with Gasteiger partial charge in [-0.15, -0.1) is 0 Å². The van der Waals surface area contributed by atoms with E-state index in [0.29, 0.717) is 36.7 Å². The Bertz CT molecular complexity index is 711. The zero-order valence-electron chi connectivity index (χ0n) is 16.8. The maximum Gasteiger partial charge on any atom is 0.329 e. The van der Waals surface area contributed by atoms with Crippen LogP contribution in [0.15, 0.2) is 24.3 Å². The molecule has 1 aliphatic carbocycles. The molecule has 1 saturated carbocycles. The molecular formula is C21H30N2O5. The van der Waals surface area contributed by atoms with Gasteiger partial charge in [-0.25, -0.2) is 4.79 Å². The van der Waals surface area contributed by atoms with E-state index in [1.54, 1.807) is 12.1 Å². The van der Waals surface area contributed by atoms with Crippen LogP contribution in [0.3, 0.4) is 0 Å². The highest BCUT2D eigenvalue weighted by atomic mass is 16.5. The van der Waals surface area contributed by atoms with Crippen molar-refractivity contribution in [2.45, 2.75) is 64.5 Å². The zero-order chi connectivity index (χ0) is 20.7. The van der Waals surface area contributed by atoms with Gasteiger partial charge in [0.15, 0.2) is 0 Å². The van der Waals surface area contributed by atoms with Gasteiger partial charge in [0.2, 0.25) is 11.8 Å². The molecule has 7 nitrogen and oxygen atoms in total. The van der Waals surface area contributed by atoms with Crippen LogP contribution in [0, 0.1) is 5.92 Å². The molecule has 1 fully saturated rings. The number of hydrogen-bond donors (Lipinski definition) is 3. The summed E-state index contributed by atoms with van der Waals surface area (Å²) in [5.74, 6) is -0.630. The fourth-order valence-electron chi connectivity index (χ4n) is 3.69. The fraction of sp³-hybridized carbons (Fsp3) is 0.571. The van der Waals surface area contributed by atoms with Crippen LogP contribution in [-0.4, -0.2) is 35.0 Å². The van der Waals surface area contributed by atoms with E-state index in [4.69, 9.17) is 4.74 Å². The smallest absolute Gasteiger partial charge is 0.329 e. The summed E-state index contributed by atoms with van der Waals surface area (Å²) in [6.45, 7) is 5.79. The molecule has 1 aromatic carbocycles. The summed E-state index contributed by atoms with van der Waals surface area (Å²) in [5, 5.41) is 15.3. The molecule has 2 amide bonds. The van der Waals surface area contributed by atoms with E-state index in [1.807, 2.05) is 19.1 Å². The number of para-hydroxylation sites is 1. The van der Waals surface area contributed by atoms with Crippen LogP contribution in [-0.2, 0) is 14.4 Å². The minimum Gasteiger partial charge on any atom is -0.494 e. The number of carbonyl (C=O) groups is 3. The predicted octanol–water partition coefficient (Wildman–Crippen LogP) is 2.80. The molecule has 0 saturated heterocycles. The Labute approximate surface area is 165 Å². The third-order valence-electron chi connectivity index (χ3n) is 5.28. The summed E-state index contributed by atoms with van der Waals surface area (Å²) in [4.78, 5) is 36.4. The van der Waals surface area contributed by atoms with Gasteiger partial charge in [-0.3, -0.25) is 9.59 Å². The Kier molecular flexibility index (Phi) is 7.43. The first kappa shape index (κ1) is 21.7. The lowest BCUT2D eigenvalue weighted by molar-refractivity contribution is -0.149. The first-order chi connectivity index (χ1) is 13.3. The van der Waals surface area contributed by atoms with Gasteiger partial charge in [-0.05, 0) is 44.6 Å². The summed E-state index contributed by atoms with van der Waals surface area (Å²) >= 11 is 0. The lowest BCUT2D eigenvalue weighted by atomic mass is 9.77. The van der Waals surface area contributed by atoms with E-state index in [9.17, 15) is 19.5 Å². The van der Waals surface area contributed by atoms with Crippen molar-refractivity contribution < 1.29 is 24.2 Å². The second kappa shape index (κ2) is 9.57. The minimum atomic E-state index is -1.23. The highest BCUT2D eigenvalue weighted by molar-refractivity contribution is 5.87. The second-order valence-corrected chi connectivity index (χ2v) is 7.55. The number of amides is 2. The Hall–Kier alpha value is -2.57. The van der Waals surface area contributed by atoms with Crippen LogP contribution in [0.1, 0.15) is 64.5 Å². The number of rotatable bonds is 8. The van der Waals surface area contributed by atoms with Crippen molar-refractivity contribution in [3.05, 3.63) is 29.8 Å². The molecule has 2 rings (SSSR count). The molecule has 1 aliphatic rings. The lowest BCUT2D eigenvalue weighted by Crippen LogP contribution is -2.56. The number of nitrogens with one attached hydrogen (secondary N) is 2. The largest absolute Gasteiger partial charge is 0.494 e. The topological polar surface area (TPSA) is 105 Å². The first-order valence-electron chi connectivity index (χ1n) is 9.80. The summed E-state index contributed by atoms with van der Waals surface area (Å²) in [7, 11) is 0. The highest BCUT2D eigenvalue weighted by Gasteiger charge is 2.42. The van der Waals surface area contributed by atoms with Gasteiger partial charge in [0.25, 0.3) is 0 Å². The molecule has 1 unspecified atom stereocenters. The van der Waals surface area contributed by atoms with Crippen LogP contribution < -0.4 is 15.4 Å². The Morgan fingerprint density at radius 1 is 1.25 bits per heavy atom. The molecule has 1 atom stereocenters. The third-order valence-corrected chi connectivity index (χ3v) is 5.28. The normalized spacial score (nSPS) is 22.8. The van der Waals surface area contributed by atoms with E-state index in [-0.39, 0.29) is 12.3 Å². The SMILES string of the molecule is CCOc1ccccc1C(CC(=O)NC1(C(=O)O)CCC(C)CC1)NC(C)=O. The molecule has 0 bridgehead atoms. The molecular weight excluding hydrogens is 360 g/mol. The maximum atomic E-state index is 12.8. The summed E-state index contributed by atoms with van der Waals surface area (Å²) < 4.78 is 5.62. The number of carboxylic acids is 1. The van der Waals surface area contributed by atoms with E-state index in [1.165, 1.54) is 6.92 Å². The average Bonchev–Trinajstić information content (AvgIpc) is 2.63. The molecule has 0 aliphatic heterocycles. The number of carboxylic acid groups (broad SMARTS) is 1. The van der Waals surface area contributed by atoms with Crippen molar-refractivity contribution in [2.75, 3.05) is 6.61 Å². The molecule has 28 heavy (non-hydrogen) atoms. The van der Waals surface area contributed by atoms with Gasteiger partial charge in [-0.2, -0.15) is 0 Å². The van der Waals surface area contributed by atoms with Crippen molar-refractivity contribution in [2.24, 2.45) is 5.92 Å². The number of aliphatic carboxylic acids is 1. The molecule has 3 N–H and O–H groups in total. The van der Waals surface area contributed by atoms with Crippen molar-refractivity contribution in [3.63, 3.8) is 0 Å². The van der Waals surface area contributed by atoms with Gasteiger partial charge in [0.1, 0.15) is 11.3 Å². The van der Waals surface area contributed by atoms with E-state index in [0.717, 1.165) is 12.8 Å². The van der Waals surface area contributed by atoms with Crippen LogP contribution in [0.25, 0.3) is 0 Å². The minimum absolute atomic E-state index is 0.0613. The Morgan fingerprint density at radius 2 is 1.89 bits per heavy atom. The molecule has 0 heterocycles. The summed E-state index contributed by atoms with van der Waals surface area (Å²) in [6, 6.07) is 6.61. The number of carbonyl (C=O) groups excluding carboxylic acids is 2. The molecule has 154 valence electrons. The first-order valence-corrected chi connectivity index (χ1v) is 9.80. The van der Waals surface area contributed by atoms with Crippen LogP contribution in [0.4, 0.5) is 0 Å². The highest BCUT2D eigenvalue weighted by Crippen LogP contribution is 2.33. The third kappa shape index (κ3) is 5.47. The quantitative estimate of drug-likeness (QED) is 0.633. The lowest BCUT2D eigenvalue weighted by Gasteiger charge is -2.36. The summed E-state index contributed by atoms with van der Waals surface area (Å²) in [5.41, 5.74) is -0.541.